The average molecular weight is 625 g/mol. The SMILES string of the molecule is CC1(C)C(=O)C[C@H](c2ccccn2)S[C@@]1(C)c1ccccn1.CC1(C)C(=O)C[C@H](c2ccccn2)S[C@]1(C)c1ccccn1. The third-order valence-electron chi connectivity index (χ3n) is 9.62. The Bertz CT molecular complexity index is 1470. The number of pyridine rings is 4. The van der Waals surface area contributed by atoms with Crippen molar-refractivity contribution in [2.75, 3.05) is 0 Å². The van der Waals surface area contributed by atoms with Crippen LogP contribution in [0.1, 0.15) is 87.7 Å². The van der Waals surface area contributed by atoms with Crippen LogP contribution in [0.5, 0.6) is 0 Å². The van der Waals surface area contributed by atoms with E-state index >= 15 is 0 Å². The average Bonchev–Trinajstić information content (AvgIpc) is 3.04. The molecule has 44 heavy (non-hydrogen) atoms. The molecule has 0 amide bonds. The number of rotatable bonds is 4. The lowest BCUT2D eigenvalue weighted by Gasteiger charge is -2.48. The second kappa shape index (κ2) is 12.6. The van der Waals surface area contributed by atoms with Crippen LogP contribution in [0.15, 0.2) is 97.6 Å². The number of hydrogen-bond acceptors (Lipinski definition) is 8. The summed E-state index contributed by atoms with van der Waals surface area (Å²) in [6.07, 6.45) is 8.23. The highest BCUT2D eigenvalue weighted by molar-refractivity contribution is 8.00. The largest absolute Gasteiger partial charge is 0.299 e. The Balaban J connectivity index is 0.000000175. The zero-order valence-electron chi connectivity index (χ0n) is 26.2. The van der Waals surface area contributed by atoms with Crippen LogP contribution in [-0.4, -0.2) is 31.5 Å². The van der Waals surface area contributed by atoms with Crippen molar-refractivity contribution in [3.63, 3.8) is 0 Å². The van der Waals surface area contributed by atoms with Crippen LogP contribution in [-0.2, 0) is 19.1 Å². The van der Waals surface area contributed by atoms with E-state index in [9.17, 15) is 9.59 Å². The Morgan fingerprint density at radius 1 is 0.523 bits per heavy atom. The predicted octanol–water partition coefficient (Wildman–Crippen LogP) is 8.33. The van der Waals surface area contributed by atoms with Crippen LogP contribution in [0.2, 0.25) is 0 Å². The minimum absolute atomic E-state index is 0.0775. The lowest BCUT2D eigenvalue weighted by Crippen LogP contribution is -2.47. The minimum Gasteiger partial charge on any atom is -0.299 e. The second-order valence-corrected chi connectivity index (χ2v) is 16.0. The van der Waals surface area contributed by atoms with Crippen molar-refractivity contribution < 1.29 is 9.59 Å². The third-order valence-corrected chi connectivity index (χ3v) is 13.4. The van der Waals surface area contributed by atoms with Gasteiger partial charge in [0.05, 0.1) is 42.8 Å². The van der Waals surface area contributed by atoms with Crippen LogP contribution >= 0.6 is 23.5 Å². The molecule has 0 aromatic carbocycles. The smallest absolute Gasteiger partial charge is 0.141 e. The van der Waals surface area contributed by atoms with E-state index in [1.165, 1.54) is 0 Å². The first-order valence-electron chi connectivity index (χ1n) is 15.0. The molecule has 2 fully saturated rings. The fourth-order valence-corrected chi connectivity index (χ4v) is 9.27. The van der Waals surface area contributed by atoms with Gasteiger partial charge in [0.25, 0.3) is 0 Å². The van der Waals surface area contributed by atoms with Gasteiger partial charge in [-0.1, -0.05) is 52.0 Å². The highest BCUT2D eigenvalue weighted by atomic mass is 32.2. The van der Waals surface area contributed by atoms with Gasteiger partial charge < -0.3 is 0 Å². The fraction of sp³-hybridized carbons (Fsp3) is 0.389. The quantitative estimate of drug-likeness (QED) is 0.224. The van der Waals surface area contributed by atoms with Crippen LogP contribution in [0, 0.1) is 10.8 Å². The molecule has 4 aromatic heterocycles. The molecule has 228 valence electrons. The molecular weight excluding hydrogens is 585 g/mol. The lowest BCUT2D eigenvalue weighted by atomic mass is 9.72. The molecule has 0 radical (unpaired) electrons. The van der Waals surface area contributed by atoms with Gasteiger partial charge in [-0.25, -0.2) is 0 Å². The number of Topliss-reactive ketones (excluding diaryl/α,β-unsaturated/α-hetero) is 2. The number of thioether (sulfide) groups is 2. The zero-order valence-corrected chi connectivity index (χ0v) is 27.9. The van der Waals surface area contributed by atoms with E-state index in [2.05, 4.69) is 33.8 Å². The van der Waals surface area contributed by atoms with Gasteiger partial charge in [0.2, 0.25) is 0 Å². The van der Waals surface area contributed by atoms with Gasteiger partial charge in [-0.2, -0.15) is 0 Å². The molecule has 2 aliphatic rings. The summed E-state index contributed by atoms with van der Waals surface area (Å²) in [5.41, 5.74) is 2.93. The van der Waals surface area contributed by atoms with E-state index in [-0.39, 0.29) is 31.6 Å². The van der Waals surface area contributed by atoms with E-state index in [1.807, 2.05) is 100 Å². The number of carbonyl (C=O) groups is 2. The van der Waals surface area contributed by atoms with Gasteiger partial charge in [0, 0.05) is 48.5 Å². The molecule has 6 rings (SSSR count). The maximum Gasteiger partial charge on any atom is 0.141 e. The van der Waals surface area contributed by atoms with Crippen molar-refractivity contribution in [2.24, 2.45) is 10.8 Å². The van der Waals surface area contributed by atoms with Crippen LogP contribution in [0.25, 0.3) is 0 Å². The molecule has 0 bridgehead atoms. The number of hydrogen-bond donors (Lipinski definition) is 0. The van der Waals surface area contributed by atoms with Gasteiger partial charge in [-0.15, -0.1) is 23.5 Å². The summed E-state index contributed by atoms with van der Waals surface area (Å²) in [6, 6.07) is 23.6. The van der Waals surface area contributed by atoms with E-state index in [1.54, 1.807) is 48.3 Å². The summed E-state index contributed by atoms with van der Waals surface area (Å²) in [5.74, 6) is 0.546. The fourth-order valence-electron chi connectivity index (χ4n) is 5.84. The van der Waals surface area contributed by atoms with Crippen LogP contribution in [0.4, 0.5) is 0 Å². The van der Waals surface area contributed by atoms with Gasteiger partial charge in [0.1, 0.15) is 11.6 Å². The second-order valence-electron chi connectivity index (χ2n) is 12.7. The first-order valence-corrected chi connectivity index (χ1v) is 16.7. The Hall–Kier alpha value is -3.36. The van der Waals surface area contributed by atoms with Crippen molar-refractivity contribution in [3.8, 4) is 0 Å². The summed E-state index contributed by atoms with van der Waals surface area (Å²) in [6.45, 7) is 12.4. The Labute approximate surface area is 269 Å². The summed E-state index contributed by atoms with van der Waals surface area (Å²) in [7, 11) is 0. The Morgan fingerprint density at radius 2 is 0.864 bits per heavy atom. The molecule has 6 heterocycles. The van der Waals surface area contributed by atoms with Gasteiger partial charge in [-0.05, 0) is 62.4 Å². The van der Waals surface area contributed by atoms with E-state index in [0.29, 0.717) is 12.8 Å². The molecule has 0 spiro atoms. The standard InChI is InChI=1S/2C18H20N2OS/c2*1-17(2)16(21)12-14(13-8-4-6-10-19-13)22-18(17,3)15-9-5-7-11-20-15/h2*4-11,14H,12H2,1-3H3/t14-,18+;14-,18-/m11/s1. The monoisotopic (exact) mass is 624 g/mol. The maximum absolute atomic E-state index is 12.8. The van der Waals surface area contributed by atoms with Gasteiger partial charge in [0.15, 0.2) is 0 Å². The van der Waals surface area contributed by atoms with Crippen molar-refractivity contribution >= 4 is 35.1 Å². The molecular formula is C36H40N4O2S2. The Kier molecular flexibility index (Phi) is 9.15. The summed E-state index contributed by atoms with van der Waals surface area (Å²) in [4.78, 5) is 43.6. The molecule has 0 aliphatic carbocycles. The molecule has 4 atom stereocenters. The molecule has 4 aromatic rings. The number of aromatic nitrogens is 4. The van der Waals surface area contributed by atoms with Gasteiger partial charge in [-0.3, -0.25) is 29.5 Å². The molecule has 2 saturated heterocycles. The van der Waals surface area contributed by atoms with E-state index in [0.717, 1.165) is 22.8 Å². The normalized spacial score (nSPS) is 27.6. The minimum atomic E-state index is -0.461. The number of nitrogens with zero attached hydrogens (tertiary/aromatic N) is 4. The van der Waals surface area contributed by atoms with Crippen molar-refractivity contribution in [2.45, 2.75) is 74.4 Å². The predicted molar refractivity (Wildman–Crippen MR) is 179 cm³/mol. The summed E-state index contributed by atoms with van der Waals surface area (Å²) < 4.78 is -0.739. The molecule has 0 unspecified atom stereocenters. The number of ketones is 2. The van der Waals surface area contributed by atoms with Crippen molar-refractivity contribution in [1.29, 1.82) is 0 Å². The highest BCUT2D eigenvalue weighted by Gasteiger charge is 2.55. The molecule has 6 nitrogen and oxygen atoms in total. The summed E-state index contributed by atoms with van der Waals surface area (Å²) >= 11 is 3.61. The van der Waals surface area contributed by atoms with Gasteiger partial charge >= 0.3 is 0 Å². The molecule has 0 saturated carbocycles. The van der Waals surface area contributed by atoms with E-state index in [4.69, 9.17) is 0 Å². The maximum atomic E-state index is 12.8. The third kappa shape index (κ3) is 5.86. The van der Waals surface area contributed by atoms with Crippen molar-refractivity contribution in [3.05, 3.63) is 120 Å². The van der Waals surface area contributed by atoms with Crippen LogP contribution < -0.4 is 0 Å². The first kappa shape index (κ1) is 32.0. The number of carbonyl (C=O) groups excluding carboxylic acids is 2. The lowest BCUT2D eigenvalue weighted by molar-refractivity contribution is -0.130. The zero-order chi connectivity index (χ0) is 31.6. The van der Waals surface area contributed by atoms with E-state index < -0.39 is 10.8 Å². The van der Waals surface area contributed by atoms with Crippen LogP contribution in [0.3, 0.4) is 0 Å². The molecule has 8 heteroatoms. The molecule has 2 aliphatic heterocycles. The first-order chi connectivity index (χ1) is 20.9. The van der Waals surface area contributed by atoms with Crippen molar-refractivity contribution in [1.82, 2.24) is 19.9 Å². The Morgan fingerprint density at radius 3 is 1.16 bits per heavy atom. The summed E-state index contributed by atoms with van der Waals surface area (Å²) in [5, 5.41) is 0.155. The molecule has 0 N–H and O–H groups in total. The topological polar surface area (TPSA) is 85.7 Å². The highest BCUT2D eigenvalue weighted by Crippen LogP contribution is 2.61.